The van der Waals surface area contributed by atoms with E-state index in [1.165, 1.54) is 5.56 Å². The second-order valence-corrected chi connectivity index (χ2v) is 10.3. The molecule has 3 rings (SSSR count). The number of hydrogen-bond donors (Lipinski definition) is 0. The van der Waals surface area contributed by atoms with Crippen molar-refractivity contribution in [2.75, 3.05) is 32.8 Å². The summed E-state index contributed by atoms with van der Waals surface area (Å²) in [5.74, 6) is 0.674. The van der Waals surface area contributed by atoms with Crippen molar-refractivity contribution in [1.82, 2.24) is 9.88 Å². The molecule has 7 heteroatoms. The molecule has 0 saturated heterocycles. The van der Waals surface area contributed by atoms with Crippen LogP contribution in [0.5, 0.6) is 5.75 Å². The zero-order valence-electron chi connectivity index (χ0n) is 19.2. The molecule has 0 radical (unpaired) electrons. The van der Waals surface area contributed by atoms with Crippen LogP contribution < -0.4 is 4.74 Å². The van der Waals surface area contributed by atoms with Crippen molar-refractivity contribution >= 4 is 39.1 Å². The predicted molar refractivity (Wildman–Crippen MR) is 132 cm³/mol. The van der Waals surface area contributed by atoms with Crippen molar-refractivity contribution in [2.24, 2.45) is 5.41 Å². The quantitative estimate of drug-likeness (QED) is 0.346. The van der Waals surface area contributed by atoms with Crippen LogP contribution in [0.3, 0.4) is 0 Å². The van der Waals surface area contributed by atoms with Gasteiger partial charge >= 0.3 is 5.97 Å². The number of carbonyl (C=O) groups excluding carboxylic acids is 1. The van der Waals surface area contributed by atoms with Crippen molar-refractivity contribution in [3.8, 4) is 5.75 Å². The van der Waals surface area contributed by atoms with Crippen LogP contribution in [0.25, 0.3) is 10.2 Å². The molecule has 0 amide bonds. The van der Waals surface area contributed by atoms with Crippen LogP contribution in [0.2, 0.25) is 5.02 Å². The predicted octanol–water partition coefficient (Wildman–Crippen LogP) is 5.83. The highest BCUT2D eigenvalue weighted by atomic mass is 35.5. The molecule has 1 aromatic heterocycles. The largest absolute Gasteiger partial charge is 0.492 e. The highest BCUT2D eigenvalue weighted by Crippen LogP contribution is 2.28. The van der Waals surface area contributed by atoms with E-state index in [1.807, 2.05) is 57.2 Å². The van der Waals surface area contributed by atoms with Crippen LogP contribution in [0.15, 0.2) is 42.5 Å². The molecule has 0 aliphatic carbocycles. The van der Waals surface area contributed by atoms with E-state index in [4.69, 9.17) is 26.1 Å². The topological polar surface area (TPSA) is 51.7 Å². The summed E-state index contributed by atoms with van der Waals surface area (Å²) in [5, 5.41) is 1.81. The molecule has 0 spiro atoms. The van der Waals surface area contributed by atoms with Gasteiger partial charge in [0, 0.05) is 24.5 Å². The number of carbonyl (C=O) groups is 1. The molecule has 0 aliphatic heterocycles. The smallest absolute Gasteiger partial charge is 0.311 e. The summed E-state index contributed by atoms with van der Waals surface area (Å²) in [7, 11) is 0. The zero-order valence-corrected chi connectivity index (χ0v) is 20.8. The molecule has 0 N–H and O–H groups in total. The lowest BCUT2D eigenvalue weighted by Crippen LogP contribution is -2.33. The monoisotopic (exact) mass is 474 g/mol. The number of fused-ring (bicyclic) bond motifs is 1. The second-order valence-electron chi connectivity index (χ2n) is 8.71. The minimum atomic E-state index is -0.468. The Balaban J connectivity index is 1.49. The molecule has 32 heavy (non-hydrogen) atoms. The minimum absolute atomic E-state index is 0.168. The Morgan fingerprint density at radius 2 is 1.81 bits per heavy atom. The van der Waals surface area contributed by atoms with Crippen LogP contribution in [0.4, 0.5) is 0 Å². The Morgan fingerprint density at radius 1 is 1.09 bits per heavy atom. The van der Waals surface area contributed by atoms with Crippen molar-refractivity contribution in [2.45, 2.75) is 34.1 Å². The third-order valence-electron chi connectivity index (χ3n) is 5.05. The minimum Gasteiger partial charge on any atom is -0.492 e. The number of likely N-dealkylation sites (N-methyl/N-ethyl adjacent to an activating group) is 1. The van der Waals surface area contributed by atoms with Gasteiger partial charge in [-0.2, -0.15) is 0 Å². The van der Waals surface area contributed by atoms with Crippen molar-refractivity contribution < 1.29 is 14.3 Å². The number of halogens is 1. The molecular weight excluding hydrogens is 444 g/mol. The number of thiazole rings is 1. The highest BCUT2D eigenvalue weighted by molar-refractivity contribution is 7.18. The first-order valence-electron chi connectivity index (χ1n) is 10.9. The van der Waals surface area contributed by atoms with Gasteiger partial charge in [-0.1, -0.05) is 30.7 Å². The molecule has 0 bridgehead atoms. The van der Waals surface area contributed by atoms with Crippen molar-refractivity contribution in [1.29, 1.82) is 0 Å². The van der Waals surface area contributed by atoms with E-state index in [2.05, 4.69) is 17.9 Å². The lowest BCUT2D eigenvalue weighted by Gasteiger charge is -2.22. The molecule has 1 heterocycles. The van der Waals surface area contributed by atoms with Gasteiger partial charge in [0.2, 0.25) is 0 Å². The standard InChI is InChI=1S/C25H31ClN2O3S/c1-5-28(13-15-31-24(29)25(2,3)4)12-14-30-20-10-11-21-22(17-20)32-23(27-21)16-18-6-8-19(26)9-7-18/h6-11,17H,5,12-16H2,1-4H3. The van der Waals surface area contributed by atoms with Crippen LogP contribution in [0.1, 0.15) is 38.3 Å². The molecule has 2 aromatic carbocycles. The fraction of sp³-hybridized carbons (Fsp3) is 0.440. The van der Waals surface area contributed by atoms with Gasteiger partial charge in [0.05, 0.1) is 20.6 Å². The Morgan fingerprint density at radius 3 is 2.50 bits per heavy atom. The van der Waals surface area contributed by atoms with E-state index >= 15 is 0 Å². The normalized spacial score (nSPS) is 11.8. The molecule has 0 fully saturated rings. The average molecular weight is 475 g/mol. The maximum Gasteiger partial charge on any atom is 0.311 e. The zero-order chi connectivity index (χ0) is 23.1. The first-order chi connectivity index (χ1) is 15.2. The molecule has 0 aliphatic rings. The van der Waals surface area contributed by atoms with E-state index in [9.17, 15) is 4.79 Å². The number of ether oxygens (including phenoxy) is 2. The molecule has 3 aromatic rings. The third-order valence-corrected chi connectivity index (χ3v) is 6.32. The first-order valence-corrected chi connectivity index (χ1v) is 12.1. The van der Waals surface area contributed by atoms with E-state index in [0.717, 1.165) is 45.5 Å². The summed E-state index contributed by atoms with van der Waals surface area (Å²) >= 11 is 7.66. The van der Waals surface area contributed by atoms with Gasteiger partial charge < -0.3 is 9.47 Å². The Labute approximate surface area is 199 Å². The van der Waals surface area contributed by atoms with Crippen molar-refractivity contribution in [3.05, 3.63) is 58.1 Å². The summed E-state index contributed by atoms with van der Waals surface area (Å²) in [5.41, 5.74) is 1.71. The lowest BCUT2D eigenvalue weighted by atomic mass is 9.97. The Hall–Kier alpha value is -2.15. The molecule has 0 atom stereocenters. The molecule has 172 valence electrons. The lowest BCUT2D eigenvalue weighted by molar-refractivity contribution is -0.153. The number of hydrogen-bond acceptors (Lipinski definition) is 6. The Bertz CT molecular complexity index is 1030. The second kappa shape index (κ2) is 11.1. The van der Waals surface area contributed by atoms with Gasteiger partial charge in [0.15, 0.2) is 0 Å². The summed E-state index contributed by atoms with van der Waals surface area (Å²) < 4.78 is 12.5. The molecular formula is C25H31ClN2O3S. The van der Waals surface area contributed by atoms with Gasteiger partial charge in [-0.15, -0.1) is 11.3 Å². The van der Waals surface area contributed by atoms with Gasteiger partial charge in [-0.05, 0) is 63.2 Å². The van der Waals surface area contributed by atoms with Crippen LogP contribution in [-0.2, 0) is 16.0 Å². The third kappa shape index (κ3) is 7.19. The van der Waals surface area contributed by atoms with Crippen LogP contribution in [0, 0.1) is 5.41 Å². The fourth-order valence-corrected chi connectivity index (χ4v) is 4.26. The van der Waals surface area contributed by atoms with Gasteiger partial charge in [-0.3, -0.25) is 9.69 Å². The molecule has 5 nitrogen and oxygen atoms in total. The first kappa shape index (κ1) is 24.5. The van der Waals surface area contributed by atoms with E-state index in [-0.39, 0.29) is 5.97 Å². The van der Waals surface area contributed by atoms with Crippen LogP contribution in [-0.4, -0.2) is 48.7 Å². The number of aromatic nitrogens is 1. The van der Waals surface area contributed by atoms with Gasteiger partial charge in [-0.25, -0.2) is 4.98 Å². The average Bonchev–Trinajstić information content (AvgIpc) is 3.15. The maximum absolute atomic E-state index is 11.9. The summed E-state index contributed by atoms with van der Waals surface area (Å²) in [6, 6.07) is 13.9. The highest BCUT2D eigenvalue weighted by Gasteiger charge is 2.22. The number of rotatable bonds is 10. The van der Waals surface area contributed by atoms with E-state index < -0.39 is 5.41 Å². The number of nitrogens with zero attached hydrogens (tertiary/aromatic N) is 2. The number of esters is 1. The van der Waals surface area contributed by atoms with Gasteiger partial charge in [0.25, 0.3) is 0 Å². The Kier molecular flexibility index (Phi) is 8.51. The van der Waals surface area contributed by atoms with Crippen LogP contribution >= 0.6 is 22.9 Å². The summed E-state index contributed by atoms with van der Waals surface area (Å²) in [6.45, 7) is 11.0. The van der Waals surface area contributed by atoms with Crippen molar-refractivity contribution in [3.63, 3.8) is 0 Å². The SMILES string of the molecule is CCN(CCOC(=O)C(C)(C)C)CCOc1ccc2nc(Cc3ccc(Cl)cc3)sc2c1. The fourth-order valence-electron chi connectivity index (χ4n) is 3.10. The molecule has 0 saturated carbocycles. The van der Waals surface area contributed by atoms with Gasteiger partial charge in [0.1, 0.15) is 19.0 Å². The summed E-state index contributed by atoms with van der Waals surface area (Å²) in [6.07, 6.45) is 0.790. The summed E-state index contributed by atoms with van der Waals surface area (Å²) in [4.78, 5) is 18.8. The molecule has 0 unspecified atom stereocenters. The van der Waals surface area contributed by atoms with E-state index in [0.29, 0.717) is 19.8 Å². The maximum atomic E-state index is 11.9. The number of benzene rings is 2. The van der Waals surface area contributed by atoms with E-state index in [1.54, 1.807) is 11.3 Å².